The minimum absolute atomic E-state index is 0.229. The van der Waals surface area contributed by atoms with Crippen molar-refractivity contribution >= 4 is 5.91 Å². The maximum absolute atomic E-state index is 12.7. The molecule has 1 amide bonds. The molecule has 1 aromatic rings. The van der Waals surface area contributed by atoms with Gasteiger partial charge in [-0.25, -0.2) is 8.78 Å². The number of hydrogen-bond donors (Lipinski definition) is 0. The molecule has 1 aliphatic heterocycles. The summed E-state index contributed by atoms with van der Waals surface area (Å²) in [6, 6.07) is 5.10. The molecule has 1 aliphatic rings. The second kappa shape index (κ2) is 7.04. The first-order valence-corrected chi connectivity index (χ1v) is 6.86. The van der Waals surface area contributed by atoms with Gasteiger partial charge in [0.1, 0.15) is 13.2 Å². The van der Waals surface area contributed by atoms with Crippen molar-refractivity contribution in [2.75, 3.05) is 19.8 Å². The number of nitrogens with zero attached hydrogens (tertiary/aromatic N) is 2. The number of ether oxygens (including phenoxy) is 1. The highest BCUT2D eigenvalue weighted by molar-refractivity contribution is 5.78. The molecule has 0 N–H and O–H groups in total. The van der Waals surface area contributed by atoms with Crippen molar-refractivity contribution in [3.05, 3.63) is 30.1 Å². The van der Waals surface area contributed by atoms with Crippen molar-refractivity contribution in [2.24, 2.45) is 0 Å². The molecule has 4 nitrogen and oxygen atoms in total. The first-order valence-electron chi connectivity index (χ1n) is 6.86. The molecule has 0 aliphatic carbocycles. The van der Waals surface area contributed by atoms with E-state index in [9.17, 15) is 22.4 Å². The lowest BCUT2D eigenvalue weighted by Gasteiger charge is -2.24. The van der Waals surface area contributed by atoms with Gasteiger partial charge < -0.3 is 9.64 Å². The highest BCUT2D eigenvalue weighted by Crippen LogP contribution is 2.30. The molecule has 0 bridgehead atoms. The Hall–Kier alpha value is -1.70. The van der Waals surface area contributed by atoms with Crippen molar-refractivity contribution in [1.29, 1.82) is 0 Å². The topological polar surface area (TPSA) is 42.4 Å². The van der Waals surface area contributed by atoms with Crippen molar-refractivity contribution in [2.45, 2.75) is 31.2 Å². The second-order valence-corrected chi connectivity index (χ2v) is 5.05. The van der Waals surface area contributed by atoms with Crippen LogP contribution in [0.2, 0.25) is 0 Å². The van der Waals surface area contributed by atoms with E-state index in [1.807, 2.05) is 0 Å². The van der Waals surface area contributed by atoms with Crippen LogP contribution in [0.15, 0.2) is 24.4 Å². The number of carbonyl (C=O) groups is 1. The van der Waals surface area contributed by atoms with Crippen LogP contribution in [0, 0.1) is 0 Å². The molecule has 1 saturated heterocycles. The smallest absolute Gasteiger partial charge is 0.330 e. The summed E-state index contributed by atoms with van der Waals surface area (Å²) in [5, 5.41) is 0. The largest absolute Gasteiger partial charge is 0.365 e. The monoisotopic (exact) mass is 320 g/mol. The number of carbonyl (C=O) groups excluding carboxylic acids is 1. The molecule has 8 heteroatoms. The van der Waals surface area contributed by atoms with Gasteiger partial charge in [0.15, 0.2) is 0 Å². The lowest BCUT2D eigenvalue weighted by atomic mass is 10.1. The average Bonchev–Trinajstić information content (AvgIpc) is 2.97. The standard InChI is InChI=1S/C14H16F4N2O2/c15-13(16)14(17,18)9-22-8-12(21)20-7-3-5-11(20)10-4-1-2-6-19-10/h1-2,4,6,11,13H,3,5,7-9H2/t11-/m1/s1. The number of aromatic nitrogens is 1. The molecule has 1 aromatic heterocycles. The van der Waals surface area contributed by atoms with Crippen LogP contribution in [0.1, 0.15) is 24.6 Å². The fourth-order valence-electron chi connectivity index (χ4n) is 2.37. The van der Waals surface area contributed by atoms with E-state index in [1.165, 1.54) is 4.90 Å². The van der Waals surface area contributed by atoms with Crippen molar-refractivity contribution in [3.63, 3.8) is 0 Å². The summed E-state index contributed by atoms with van der Waals surface area (Å²) in [5.41, 5.74) is 0.714. The fourth-order valence-corrected chi connectivity index (χ4v) is 2.37. The van der Waals surface area contributed by atoms with E-state index in [4.69, 9.17) is 0 Å². The summed E-state index contributed by atoms with van der Waals surface area (Å²) >= 11 is 0. The van der Waals surface area contributed by atoms with Gasteiger partial charge in [-0.1, -0.05) is 6.07 Å². The van der Waals surface area contributed by atoms with Gasteiger partial charge in [0.25, 0.3) is 0 Å². The summed E-state index contributed by atoms with van der Waals surface area (Å²) in [4.78, 5) is 17.7. The Labute approximate surface area is 125 Å². The molecule has 1 fully saturated rings. The molecular formula is C14H16F4N2O2. The Morgan fingerprint density at radius 2 is 2.23 bits per heavy atom. The van der Waals surface area contributed by atoms with Crippen LogP contribution in [0.3, 0.4) is 0 Å². The zero-order chi connectivity index (χ0) is 16.2. The van der Waals surface area contributed by atoms with Crippen LogP contribution in [0.25, 0.3) is 0 Å². The summed E-state index contributed by atoms with van der Waals surface area (Å²) in [6.07, 6.45) is -0.720. The van der Waals surface area contributed by atoms with Crippen LogP contribution in [-0.4, -0.2) is 47.9 Å². The van der Waals surface area contributed by atoms with E-state index < -0.39 is 31.5 Å². The summed E-state index contributed by atoms with van der Waals surface area (Å²) < 4.78 is 53.9. The van der Waals surface area contributed by atoms with E-state index in [-0.39, 0.29) is 6.04 Å². The maximum atomic E-state index is 12.7. The quantitative estimate of drug-likeness (QED) is 0.757. The number of amides is 1. The fraction of sp³-hybridized carbons (Fsp3) is 0.571. The predicted molar refractivity (Wildman–Crippen MR) is 69.7 cm³/mol. The van der Waals surface area contributed by atoms with Crippen molar-refractivity contribution < 1.29 is 27.1 Å². The lowest BCUT2D eigenvalue weighted by Crippen LogP contribution is -2.37. The van der Waals surface area contributed by atoms with E-state index in [0.29, 0.717) is 12.2 Å². The number of halogens is 4. The molecule has 22 heavy (non-hydrogen) atoms. The minimum atomic E-state index is -4.24. The SMILES string of the molecule is O=C(COCC(F)(F)C(F)F)N1CCC[C@@H]1c1ccccn1. The van der Waals surface area contributed by atoms with Gasteiger partial charge in [-0.2, -0.15) is 8.78 Å². The summed E-state index contributed by atoms with van der Waals surface area (Å²) in [6.45, 7) is -1.65. The van der Waals surface area contributed by atoms with Crippen LogP contribution in [0.4, 0.5) is 17.6 Å². The van der Waals surface area contributed by atoms with Crippen molar-refractivity contribution in [1.82, 2.24) is 9.88 Å². The van der Waals surface area contributed by atoms with Gasteiger partial charge in [0.05, 0.1) is 11.7 Å². The molecular weight excluding hydrogens is 304 g/mol. The zero-order valence-electron chi connectivity index (χ0n) is 11.7. The van der Waals surface area contributed by atoms with Crippen LogP contribution < -0.4 is 0 Å². The highest BCUT2D eigenvalue weighted by Gasteiger charge is 2.41. The summed E-state index contributed by atoms with van der Waals surface area (Å²) in [7, 11) is 0. The molecule has 2 heterocycles. The third-order valence-corrected chi connectivity index (χ3v) is 3.44. The molecule has 0 saturated carbocycles. The van der Waals surface area contributed by atoms with E-state index in [1.54, 1.807) is 24.4 Å². The minimum Gasteiger partial charge on any atom is -0.365 e. The third-order valence-electron chi connectivity index (χ3n) is 3.44. The third kappa shape index (κ3) is 3.94. The van der Waals surface area contributed by atoms with E-state index in [0.717, 1.165) is 12.8 Å². The summed E-state index contributed by atoms with van der Waals surface area (Å²) in [5.74, 6) is -4.75. The number of hydrogen-bond acceptors (Lipinski definition) is 3. The Morgan fingerprint density at radius 3 is 2.86 bits per heavy atom. The molecule has 0 spiro atoms. The van der Waals surface area contributed by atoms with Gasteiger partial charge in [-0.15, -0.1) is 0 Å². The predicted octanol–water partition coefficient (Wildman–Crippen LogP) is 2.66. The average molecular weight is 320 g/mol. The zero-order valence-corrected chi connectivity index (χ0v) is 11.7. The molecule has 1 atom stereocenters. The van der Waals surface area contributed by atoms with Crippen LogP contribution in [-0.2, 0) is 9.53 Å². The Kier molecular flexibility index (Phi) is 5.33. The Bertz CT molecular complexity index is 499. The number of rotatable bonds is 6. The first-order chi connectivity index (χ1) is 10.4. The van der Waals surface area contributed by atoms with Gasteiger partial charge in [-0.3, -0.25) is 9.78 Å². The highest BCUT2D eigenvalue weighted by atomic mass is 19.3. The van der Waals surface area contributed by atoms with E-state index >= 15 is 0 Å². The number of pyridine rings is 1. The molecule has 122 valence electrons. The van der Waals surface area contributed by atoms with Crippen LogP contribution in [0.5, 0.6) is 0 Å². The van der Waals surface area contributed by atoms with Gasteiger partial charge in [0.2, 0.25) is 5.91 Å². The Balaban J connectivity index is 1.89. The maximum Gasteiger partial charge on any atom is 0.330 e. The first kappa shape index (κ1) is 16.7. The number of alkyl halides is 4. The molecule has 2 rings (SSSR count). The van der Waals surface area contributed by atoms with Gasteiger partial charge in [0, 0.05) is 12.7 Å². The molecule has 0 radical (unpaired) electrons. The molecule has 0 unspecified atom stereocenters. The van der Waals surface area contributed by atoms with Crippen LogP contribution >= 0.6 is 0 Å². The van der Waals surface area contributed by atoms with E-state index in [2.05, 4.69) is 9.72 Å². The normalized spacial score (nSPS) is 19.0. The van der Waals surface area contributed by atoms with Crippen molar-refractivity contribution in [3.8, 4) is 0 Å². The Morgan fingerprint density at radius 1 is 1.45 bits per heavy atom. The van der Waals surface area contributed by atoms with Gasteiger partial charge >= 0.3 is 12.3 Å². The lowest BCUT2D eigenvalue weighted by molar-refractivity contribution is -0.171. The molecule has 0 aromatic carbocycles. The van der Waals surface area contributed by atoms with Gasteiger partial charge in [-0.05, 0) is 25.0 Å². The number of likely N-dealkylation sites (tertiary alicyclic amines) is 1. The second-order valence-electron chi connectivity index (χ2n) is 5.05.